The highest BCUT2D eigenvalue weighted by atomic mass is 35.5. The Morgan fingerprint density at radius 2 is 1.62 bits per heavy atom. The third-order valence-electron chi connectivity index (χ3n) is 10.4. The molecule has 50 heavy (non-hydrogen) atoms. The second-order valence-corrected chi connectivity index (χ2v) is 14.0. The second kappa shape index (κ2) is 15.4. The summed E-state index contributed by atoms with van der Waals surface area (Å²) in [6.45, 7) is 7.14. The molecule has 0 bridgehead atoms. The Hall–Kier alpha value is -3.54. The number of aromatic nitrogens is 2. The van der Waals surface area contributed by atoms with Gasteiger partial charge in [0.1, 0.15) is 11.4 Å². The van der Waals surface area contributed by atoms with Gasteiger partial charge in [0.05, 0.1) is 49.0 Å². The predicted octanol–water partition coefficient (Wildman–Crippen LogP) is 6.56. The molecule has 1 atom stereocenters. The van der Waals surface area contributed by atoms with Crippen LogP contribution in [0.2, 0.25) is 10.0 Å². The number of hydrogen-bond acceptors (Lipinski definition) is 8. The van der Waals surface area contributed by atoms with Crippen molar-refractivity contribution in [2.45, 2.75) is 50.2 Å². The number of hydrogen-bond donors (Lipinski definition) is 1. The molecule has 2 fully saturated rings. The van der Waals surface area contributed by atoms with Gasteiger partial charge in [-0.05, 0) is 81.1 Å². The van der Waals surface area contributed by atoms with Gasteiger partial charge in [-0.3, -0.25) is 4.79 Å². The number of rotatable bonds is 13. The number of carbonyl (C=O) groups is 1. The smallest absolute Gasteiger partial charge is 0.254 e. The lowest BCUT2D eigenvalue weighted by Crippen LogP contribution is -2.46. The van der Waals surface area contributed by atoms with Crippen LogP contribution in [0.4, 0.5) is 0 Å². The average Bonchev–Trinajstić information content (AvgIpc) is 3.75. The Bertz CT molecular complexity index is 1800. The van der Waals surface area contributed by atoms with Gasteiger partial charge in [-0.25, -0.2) is 4.98 Å². The fourth-order valence-electron chi connectivity index (χ4n) is 7.54. The molecule has 1 amide bonds. The fraction of sp³-hybridized carbons (Fsp3) is 0.474. The molecule has 2 saturated heterocycles. The van der Waals surface area contributed by atoms with Gasteiger partial charge < -0.3 is 38.4 Å². The van der Waals surface area contributed by atoms with Crippen molar-refractivity contribution < 1.29 is 28.8 Å². The van der Waals surface area contributed by atoms with Crippen molar-refractivity contribution in [1.29, 1.82) is 0 Å². The summed E-state index contributed by atoms with van der Waals surface area (Å²) in [5, 5.41) is 13.0. The molecule has 10 nitrogen and oxygen atoms in total. The summed E-state index contributed by atoms with van der Waals surface area (Å²) in [5.74, 6) is 1.90. The van der Waals surface area contributed by atoms with Crippen LogP contribution < -0.4 is 14.2 Å². The Morgan fingerprint density at radius 3 is 2.28 bits per heavy atom. The zero-order valence-corrected chi connectivity index (χ0v) is 30.7. The second-order valence-electron chi connectivity index (χ2n) is 13.2. The van der Waals surface area contributed by atoms with Crippen LogP contribution >= 0.6 is 23.2 Å². The SMILES string of the molecule is CCOCCn1c(C2(O)CCN(CCC3(c4ccc(Cl)c(Cl)c4)CCN(C(=O)c4cc(OC)c(OC)c(OC)c4)C3)CC2)nc2ccccc21. The monoisotopic (exact) mass is 724 g/mol. The first kappa shape index (κ1) is 36.3. The summed E-state index contributed by atoms with van der Waals surface area (Å²) in [7, 11) is 4.62. The van der Waals surface area contributed by atoms with Crippen LogP contribution in [0.3, 0.4) is 0 Å². The van der Waals surface area contributed by atoms with Gasteiger partial charge in [-0.15, -0.1) is 0 Å². The molecule has 4 aromatic rings. The molecule has 2 aliphatic heterocycles. The van der Waals surface area contributed by atoms with Crippen molar-refractivity contribution in [2.24, 2.45) is 0 Å². The van der Waals surface area contributed by atoms with Crippen molar-refractivity contribution in [2.75, 3.05) is 67.3 Å². The predicted molar refractivity (Wildman–Crippen MR) is 195 cm³/mol. The van der Waals surface area contributed by atoms with E-state index in [1.54, 1.807) is 12.1 Å². The van der Waals surface area contributed by atoms with Crippen molar-refractivity contribution >= 4 is 40.1 Å². The third kappa shape index (κ3) is 7.14. The minimum absolute atomic E-state index is 0.110. The van der Waals surface area contributed by atoms with Gasteiger partial charge >= 0.3 is 0 Å². The standard InChI is InChI=1S/C38H46Cl2N4O6/c1-5-50-21-20-44-31-9-7-6-8-30(31)41-36(44)38(46)14-17-42(18-15-38)16-12-37(27-10-11-28(39)29(40)24-27)13-19-43(25-37)35(45)26-22-32(47-2)34(49-4)33(23-26)48-3/h6-11,22-24,46H,5,12-21,25H2,1-4H3. The van der Waals surface area contributed by atoms with E-state index in [1.165, 1.54) is 21.3 Å². The van der Waals surface area contributed by atoms with E-state index in [0.717, 1.165) is 49.1 Å². The summed E-state index contributed by atoms with van der Waals surface area (Å²) >= 11 is 12.9. The number of piperidine rings is 1. The molecular formula is C38H46Cl2N4O6. The molecule has 1 aromatic heterocycles. The molecular weight excluding hydrogens is 679 g/mol. The minimum atomic E-state index is -1.04. The Morgan fingerprint density at radius 1 is 0.900 bits per heavy atom. The number of nitrogens with zero attached hydrogens (tertiary/aromatic N) is 4. The number of ether oxygens (including phenoxy) is 4. The molecule has 268 valence electrons. The molecule has 1 unspecified atom stereocenters. The van der Waals surface area contributed by atoms with Gasteiger partial charge in [-0.2, -0.15) is 0 Å². The van der Waals surface area contributed by atoms with E-state index in [4.69, 9.17) is 47.1 Å². The van der Waals surface area contributed by atoms with E-state index < -0.39 is 5.60 Å². The van der Waals surface area contributed by atoms with E-state index >= 15 is 0 Å². The summed E-state index contributed by atoms with van der Waals surface area (Å²) in [6, 6.07) is 17.2. The Kier molecular flexibility index (Phi) is 11.1. The number of fused-ring (bicyclic) bond motifs is 1. The van der Waals surface area contributed by atoms with Crippen molar-refractivity contribution in [3.8, 4) is 17.2 Å². The molecule has 3 aromatic carbocycles. The van der Waals surface area contributed by atoms with Gasteiger partial charge in [0.25, 0.3) is 5.91 Å². The number of likely N-dealkylation sites (tertiary alicyclic amines) is 2. The van der Waals surface area contributed by atoms with Crippen LogP contribution in [0.15, 0.2) is 54.6 Å². The minimum Gasteiger partial charge on any atom is -0.493 e. The fourth-order valence-corrected chi connectivity index (χ4v) is 7.84. The topological polar surface area (TPSA) is 98.5 Å². The average molecular weight is 726 g/mol. The third-order valence-corrected chi connectivity index (χ3v) is 11.1. The summed E-state index contributed by atoms with van der Waals surface area (Å²) < 4.78 is 24.3. The summed E-state index contributed by atoms with van der Waals surface area (Å²) in [5.41, 5.74) is 2.03. The maximum Gasteiger partial charge on any atom is 0.254 e. The Balaban J connectivity index is 1.20. The number of imidazole rings is 1. The lowest BCUT2D eigenvalue weighted by Gasteiger charge is -2.39. The Labute approximate surface area is 303 Å². The number of aliphatic hydroxyl groups is 1. The van der Waals surface area contributed by atoms with Crippen LogP contribution in [0.25, 0.3) is 11.0 Å². The number of halogens is 2. The van der Waals surface area contributed by atoms with E-state index in [0.29, 0.717) is 84.4 Å². The zero-order chi connectivity index (χ0) is 35.5. The maximum absolute atomic E-state index is 14.0. The molecule has 0 radical (unpaired) electrons. The number of carbonyl (C=O) groups excluding carboxylic acids is 1. The number of methoxy groups -OCH3 is 3. The van der Waals surface area contributed by atoms with E-state index in [2.05, 4.69) is 15.5 Å². The number of benzene rings is 3. The quantitative estimate of drug-likeness (QED) is 0.155. The van der Waals surface area contributed by atoms with Gasteiger partial charge in [-0.1, -0.05) is 41.4 Å². The van der Waals surface area contributed by atoms with E-state index in [1.807, 2.05) is 48.2 Å². The zero-order valence-electron chi connectivity index (χ0n) is 29.2. The first-order valence-electron chi connectivity index (χ1n) is 17.2. The van der Waals surface area contributed by atoms with Crippen molar-refractivity contribution in [3.63, 3.8) is 0 Å². The number of para-hydroxylation sites is 2. The molecule has 0 saturated carbocycles. The van der Waals surface area contributed by atoms with Crippen LogP contribution in [0, 0.1) is 0 Å². The van der Waals surface area contributed by atoms with E-state index in [-0.39, 0.29) is 11.3 Å². The molecule has 12 heteroatoms. The van der Waals surface area contributed by atoms with Crippen LogP contribution in [-0.4, -0.2) is 97.6 Å². The molecule has 3 heterocycles. The summed E-state index contributed by atoms with van der Waals surface area (Å²) in [4.78, 5) is 23.2. The van der Waals surface area contributed by atoms with Gasteiger partial charge in [0.2, 0.25) is 5.75 Å². The lowest BCUT2D eigenvalue weighted by molar-refractivity contribution is -0.0368. The summed E-state index contributed by atoms with van der Waals surface area (Å²) in [6.07, 6.45) is 2.70. The molecule has 0 spiro atoms. The first-order valence-corrected chi connectivity index (χ1v) is 17.9. The van der Waals surface area contributed by atoms with E-state index in [9.17, 15) is 9.90 Å². The highest BCUT2D eigenvalue weighted by Crippen LogP contribution is 2.43. The molecule has 0 aliphatic carbocycles. The van der Waals surface area contributed by atoms with Gasteiger partial charge in [0, 0.05) is 50.3 Å². The van der Waals surface area contributed by atoms with Crippen molar-refractivity contribution in [1.82, 2.24) is 19.4 Å². The number of amides is 1. The molecule has 1 N–H and O–H groups in total. The lowest BCUT2D eigenvalue weighted by atomic mass is 9.76. The molecule has 2 aliphatic rings. The molecule has 6 rings (SSSR count). The van der Waals surface area contributed by atoms with Crippen LogP contribution in [0.5, 0.6) is 17.2 Å². The first-order chi connectivity index (χ1) is 24.1. The van der Waals surface area contributed by atoms with Crippen molar-refractivity contribution in [3.05, 3.63) is 81.6 Å². The highest BCUT2D eigenvalue weighted by Gasteiger charge is 2.43. The highest BCUT2D eigenvalue weighted by molar-refractivity contribution is 6.42. The van der Waals surface area contributed by atoms with Gasteiger partial charge in [0.15, 0.2) is 11.5 Å². The largest absolute Gasteiger partial charge is 0.493 e. The van der Waals surface area contributed by atoms with Crippen LogP contribution in [0.1, 0.15) is 54.4 Å². The normalized spacial score (nSPS) is 19.2. The van der Waals surface area contributed by atoms with Crippen LogP contribution in [-0.2, 0) is 22.3 Å². The maximum atomic E-state index is 14.0.